The summed E-state index contributed by atoms with van der Waals surface area (Å²) in [6.45, 7) is 3.83. The van der Waals surface area contributed by atoms with E-state index in [1.807, 2.05) is 35.4 Å². The van der Waals surface area contributed by atoms with Gasteiger partial charge >= 0.3 is 0 Å². The van der Waals surface area contributed by atoms with Gasteiger partial charge in [0.25, 0.3) is 5.91 Å². The second-order valence-corrected chi connectivity index (χ2v) is 8.33. The Morgan fingerprint density at radius 2 is 1.36 bits per heavy atom. The monoisotopic (exact) mass is 435 g/mol. The Kier molecular flexibility index (Phi) is 5.96. The van der Waals surface area contributed by atoms with Crippen LogP contribution < -0.4 is 0 Å². The molecule has 1 aromatic heterocycles. The topological polar surface area (TPSA) is 53.5 Å². The zero-order valence-corrected chi connectivity index (χ0v) is 18.4. The van der Waals surface area contributed by atoms with E-state index in [4.69, 9.17) is 0 Å². The number of fused-ring (bicyclic) bond motifs is 1. The second kappa shape index (κ2) is 9.35. The Balaban J connectivity index is 1.20. The SMILES string of the molecule is O=C(c1ccccc1)c1ccc(C(=O)N2CCN(Cc3cccc4cccnc34)CC2)cc1. The van der Waals surface area contributed by atoms with Gasteiger partial charge < -0.3 is 4.90 Å². The van der Waals surface area contributed by atoms with Crippen LogP contribution in [0.15, 0.2) is 91.1 Å². The summed E-state index contributed by atoms with van der Waals surface area (Å²) in [4.78, 5) is 34.4. The van der Waals surface area contributed by atoms with Crippen LogP contribution in [0.1, 0.15) is 31.8 Å². The number of benzene rings is 3. The van der Waals surface area contributed by atoms with Crippen LogP contribution in [-0.4, -0.2) is 52.7 Å². The van der Waals surface area contributed by atoms with Crippen LogP contribution in [-0.2, 0) is 6.54 Å². The molecule has 1 aliphatic rings. The van der Waals surface area contributed by atoms with Crippen molar-refractivity contribution in [1.82, 2.24) is 14.8 Å². The lowest BCUT2D eigenvalue weighted by atomic mass is 10.0. The maximum absolute atomic E-state index is 13.0. The number of hydrogen-bond donors (Lipinski definition) is 0. The first-order chi connectivity index (χ1) is 16.2. The molecule has 5 rings (SSSR count). The first-order valence-electron chi connectivity index (χ1n) is 11.2. The fraction of sp³-hybridized carbons (Fsp3) is 0.179. The van der Waals surface area contributed by atoms with Crippen LogP contribution in [0.4, 0.5) is 0 Å². The van der Waals surface area contributed by atoms with E-state index in [-0.39, 0.29) is 11.7 Å². The van der Waals surface area contributed by atoms with E-state index in [1.54, 1.807) is 36.4 Å². The summed E-state index contributed by atoms with van der Waals surface area (Å²) < 4.78 is 0. The van der Waals surface area contributed by atoms with Crippen molar-refractivity contribution in [3.8, 4) is 0 Å². The van der Waals surface area contributed by atoms with Crippen LogP contribution in [0.2, 0.25) is 0 Å². The molecule has 164 valence electrons. The molecule has 5 nitrogen and oxygen atoms in total. The van der Waals surface area contributed by atoms with Gasteiger partial charge in [-0.2, -0.15) is 0 Å². The van der Waals surface area contributed by atoms with Gasteiger partial charge in [-0.1, -0.05) is 66.7 Å². The largest absolute Gasteiger partial charge is 0.336 e. The molecule has 0 bridgehead atoms. The molecule has 0 spiro atoms. The van der Waals surface area contributed by atoms with Gasteiger partial charge in [-0.15, -0.1) is 0 Å². The van der Waals surface area contributed by atoms with E-state index >= 15 is 0 Å². The molecule has 1 aliphatic heterocycles. The van der Waals surface area contributed by atoms with E-state index in [1.165, 1.54) is 5.56 Å². The highest BCUT2D eigenvalue weighted by Gasteiger charge is 2.23. The van der Waals surface area contributed by atoms with Crippen molar-refractivity contribution >= 4 is 22.6 Å². The summed E-state index contributed by atoms with van der Waals surface area (Å²) in [6.07, 6.45) is 1.83. The number of nitrogens with zero attached hydrogens (tertiary/aromatic N) is 3. The molecule has 4 aromatic rings. The summed E-state index contributed by atoms with van der Waals surface area (Å²) in [5.41, 5.74) is 4.11. The number of rotatable bonds is 5. The van der Waals surface area contributed by atoms with Gasteiger partial charge in [0.05, 0.1) is 5.52 Å². The predicted octanol–water partition coefficient (Wildman–Crippen LogP) is 4.42. The van der Waals surface area contributed by atoms with Crippen molar-refractivity contribution in [3.05, 3.63) is 113 Å². The summed E-state index contributed by atoms with van der Waals surface area (Å²) in [5, 5.41) is 1.15. The highest BCUT2D eigenvalue weighted by Crippen LogP contribution is 2.19. The van der Waals surface area contributed by atoms with E-state index in [9.17, 15) is 9.59 Å². The van der Waals surface area contributed by atoms with Gasteiger partial charge in [-0.3, -0.25) is 19.5 Å². The quantitative estimate of drug-likeness (QED) is 0.436. The molecular weight excluding hydrogens is 410 g/mol. The normalized spacial score (nSPS) is 14.4. The molecule has 3 aromatic carbocycles. The van der Waals surface area contributed by atoms with Crippen LogP contribution >= 0.6 is 0 Å². The summed E-state index contributed by atoms with van der Waals surface area (Å²) in [5.74, 6) is -0.0219. The lowest BCUT2D eigenvalue weighted by Gasteiger charge is -2.35. The van der Waals surface area contributed by atoms with Crippen molar-refractivity contribution in [2.45, 2.75) is 6.54 Å². The first-order valence-corrected chi connectivity index (χ1v) is 11.2. The molecule has 0 aliphatic carbocycles. The molecule has 0 radical (unpaired) electrons. The molecule has 1 saturated heterocycles. The highest BCUT2D eigenvalue weighted by molar-refractivity contribution is 6.09. The molecule has 2 heterocycles. The Morgan fingerprint density at radius 1 is 0.697 bits per heavy atom. The van der Waals surface area contributed by atoms with Crippen molar-refractivity contribution in [1.29, 1.82) is 0 Å². The van der Waals surface area contributed by atoms with Gasteiger partial charge in [0, 0.05) is 61.0 Å². The van der Waals surface area contributed by atoms with Crippen molar-refractivity contribution in [3.63, 3.8) is 0 Å². The minimum Gasteiger partial charge on any atom is -0.336 e. The minimum absolute atomic E-state index is 0.0141. The molecule has 33 heavy (non-hydrogen) atoms. The molecule has 0 atom stereocenters. The maximum atomic E-state index is 13.0. The molecule has 5 heteroatoms. The van der Waals surface area contributed by atoms with Crippen molar-refractivity contribution < 1.29 is 9.59 Å². The van der Waals surface area contributed by atoms with Crippen LogP contribution in [0.3, 0.4) is 0 Å². The summed E-state index contributed by atoms with van der Waals surface area (Å²) in [6, 6.07) is 26.5. The van der Waals surface area contributed by atoms with E-state index in [0.29, 0.717) is 29.8 Å². The van der Waals surface area contributed by atoms with Crippen LogP contribution in [0.5, 0.6) is 0 Å². The number of amides is 1. The van der Waals surface area contributed by atoms with E-state index in [0.717, 1.165) is 30.5 Å². The van der Waals surface area contributed by atoms with Gasteiger partial charge in [-0.25, -0.2) is 0 Å². The maximum Gasteiger partial charge on any atom is 0.253 e. The third kappa shape index (κ3) is 4.54. The average molecular weight is 436 g/mol. The average Bonchev–Trinajstić information content (AvgIpc) is 2.89. The molecule has 1 fully saturated rings. The highest BCUT2D eigenvalue weighted by atomic mass is 16.2. The number of hydrogen-bond acceptors (Lipinski definition) is 4. The zero-order valence-electron chi connectivity index (χ0n) is 18.4. The molecule has 0 N–H and O–H groups in total. The number of para-hydroxylation sites is 1. The molecule has 1 amide bonds. The number of pyridine rings is 1. The van der Waals surface area contributed by atoms with Crippen LogP contribution in [0.25, 0.3) is 10.9 Å². The summed E-state index contributed by atoms with van der Waals surface area (Å²) >= 11 is 0. The number of carbonyl (C=O) groups is 2. The van der Waals surface area contributed by atoms with Gasteiger partial charge in [-0.05, 0) is 23.8 Å². The smallest absolute Gasteiger partial charge is 0.253 e. The Labute approximate surface area is 193 Å². The lowest BCUT2D eigenvalue weighted by Crippen LogP contribution is -2.48. The van der Waals surface area contributed by atoms with Crippen LogP contribution in [0, 0.1) is 0 Å². The molecule has 0 unspecified atom stereocenters. The Morgan fingerprint density at radius 3 is 2.12 bits per heavy atom. The minimum atomic E-state index is -0.0360. The lowest BCUT2D eigenvalue weighted by molar-refractivity contribution is 0.0628. The first kappa shape index (κ1) is 21.0. The van der Waals surface area contributed by atoms with Crippen molar-refractivity contribution in [2.75, 3.05) is 26.2 Å². The van der Waals surface area contributed by atoms with Gasteiger partial charge in [0.1, 0.15) is 0 Å². The fourth-order valence-electron chi connectivity index (χ4n) is 4.35. The number of ketones is 1. The number of aromatic nitrogens is 1. The second-order valence-electron chi connectivity index (χ2n) is 8.33. The third-order valence-corrected chi connectivity index (χ3v) is 6.20. The van der Waals surface area contributed by atoms with E-state index in [2.05, 4.69) is 34.1 Å². The fourth-order valence-corrected chi connectivity index (χ4v) is 4.35. The third-order valence-electron chi connectivity index (χ3n) is 6.20. The summed E-state index contributed by atoms with van der Waals surface area (Å²) in [7, 11) is 0. The Hall–Kier alpha value is -3.83. The zero-order chi connectivity index (χ0) is 22.6. The predicted molar refractivity (Wildman–Crippen MR) is 129 cm³/mol. The molecular formula is C28H25N3O2. The molecule has 0 saturated carbocycles. The van der Waals surface area contributed by atoms with Crippen molar-refractivity contribution in [2.24, 2.45) is 0 Å². The Bertz CT molecular complexity index is 1270. The number of carbonyl (C=O) groups excluding carboxylic acids is 2. The van der Waals surface area contributed by atoms with Gasteiger partial charge in [0.2, 0.25) is 0 Å². The van der Waals surface area contributed by atoms with E-state index < -0.39 is 0 Å². The standard InChI is InChI=1S/C28H25N3O2/c32-27(22-6-2-1-3-7-22)23-11-13-24(14-12-23)28(33)31-18-16-30(17-19-31)20-25-9-4-8-21-10-5-15-29-26(21)25/h1-15H,16-20H2. The number of piperazine rings is 1. The van der Waals surface area contributed by atoms with Gasteiger partial charge in [0.15, 0.2) is 5.78 Å².